The maximum Gasteiger partial charge on any atom is 0.337 e. The monoisotopic (exact) mass is 332 g/mol. The highest BCUT2D eigenvalue weighted by Gasteiger charge is 2.09. The molecule has 122 valence electrons. The van der Waals surface area contributed by atoms with Crippen molar-refractivity contribution in [2.24, 2.45) is 0 Å². The van der Waals surface area contributed by atoms with Crippen LogP contribution in [0.3, 0.4) is 0 Å². The number of hydrogen-bond acceptors (Lipinski definition) is 4. The fraction of sp³-hybridized carbons (Fsp3) is 0.294. The zero-order valence-corrected chi connectivity index (χ0v) is 14.0. The number of esters is 1. The molecule has 0 saturated carbocycles. The summed E-state index contributed by atoms with van der Waals surface area (Å²) in [5.74, 6) is 0.595. The van der Waals surface area contributed by atoms with Crippen LogP contribution in [0.5, 0.6) is 0 Å². The number of nitrogens with one attached hydrogen (secondary N) is 2. The van der Waals surface area contributed by atoms with Crippen molar-refractivity contribution in [1.82, 2.24) is 5.32 Å². The van der Waals surface area contributed by atoms with E-state index in [0.717, 1.165) is 36.4 Å². The second-order valence-corrected chi connectivity index (χ2v) is 5.49. The first-order valence-corrected chi connectivity index (χ1v) is 7.77. The molecule has 0 amide bonds. The quantitative estimate of drug-likeness (QED) is 0.481. The Hall–Kier alpha value is -2.34. The second-order valence-electron chi connectivity index (χ2n) is 5.09. The molecule has 0 spiro atoms. The lowest BCUT2D eigenvalue weighted by Crippen LogP contribution is -2.29. The number of anilines is 1. The minimum atomic E-state index is -0.370. The molecular weight excluding hydrogens is 312 g/mol. The number of furan rings is 1. The van der Waals surface area contributed by atoms with E-state index < -0.39 is 0 Å². The van der Waals surface area contributed by atoms with Gasteiger partial charge in [0.15, 0.2) is 5.11 Å². The Labute approximate surface area is 141 Å². The first-order chi connectivity index (χ1) is 11.1. The van der Waals surface area contributed by atoms with Gasteiger partial charge in [-0.25, -0.2) is 4.79 Å². The summed E-state index contributed by atoms with van der Waals surface area (Å²) in [6.07, 6.45) is 3.45. The Morgan fingerprint density at radius 3 is 2.87 bits per heavy atom. The van der Waals surface area contributed by atoms with Crippen LogP contribution in [-0.4, -0.2) is 24.7 Å². The largest absolute Gasteiger partial charge is 0.469 e. The van der Waals surface area contributed by atoms with Crippen LogP contribution in [0.25, 0.3) is 0 Å². The Kier molecular flexibility index (Phi) is 6.17. The first kappa shape index (κ1) is 17.0. The van der Waals surface area contributed by atoms with Crippen LogP contribution in [0, 0.1) is 6.92 Å². The molecule has 23 heavy (non-hydrogen) atoms. The van der Waals surface area contributed by atoms with Crippen LogP contribution in [0.2, 0.25) is 0 Å². The van der Waals surface area contributed by atoms with E-state index >= 15 is 0 Å². The fourth-order valence-corrected chi connectivity index (χ4v) is 2.30. The van der Waals surface area contributed by atoms with Gasteiger partial charge >= 0.3 is 5.97 Å². The van der Waals surface area contributed by atoms with Crippen molar-refractivity contribution in [2.75, 3.05) is 19.0 Å². The maximum absolute atomic E-state index is 11.6. The third-order valence-corrected chi connectivity index (χ3v) is 3.62. The third-order valence-electron chi connectivity index (χ3n) is 3.37. The van der Waals surface area contributed by atoms with Gasteiger partial charge in [0.05, 0.1) is 18.9 Å². The van der Waals surface area contributed by atoms with Crippen molar-refractivity contribution in [1.29, 1.82) is 0 Å². The number of carbonyl (C=O) groups is 1. The molecule has 0 radical (unpaired) electrons. The molecule has 0 aliphatic heterocycles. The van der Waals surface area contributed by atoms with Gasteiger partial charge in [-0.3, -0.25) is 0 Å². The number of aryl methyl sites for hydroxylation is 2. The molecule has 1 aromatic carbocycles. The van der Waals surface area contributed by atoms with Crippen LogP contribution in [-0.2, 0) is 11.2 Å². The summed E-state index contributed by atoms with van der Waals surface area (Å²) >= 11 is 5.28. The van der Waals surface area contributed by atoms with E-state index in [-0.39, 0.29) is 5.97 Å². The SMILES string of the molecule is COC(=O)c1ccc(C)c(NC(=S)NCCCc2ccco2)c1. The van der Waals surface area contributed by atoms with E-state index in [1.54, 1.807) is 18.4 Å². The third kappa shape index (κ3) is 5.10. The Balaban J connectivity index is 1.83. The van der Waals surface area contributed by atoms with E-state index in [0.29, 0.717) is 10.7 Å². The van der Waals surface area contributed by atoms with Gasteiger partial charge in [0, 0.05) is 18.7 Å². The minimum Gasteiger partial charge on any atom is -0.469 e. The van der Waals surface area contributed by atoms with Crippen molar-refractivity contribution in [2.45, 2.75) is 19.8 Å². The normalized spacial score (nSPS) is 10.2. The zero-order valence-electron chi connectivity index (χ0n) is 13.2. The molecular formula is C17H20N2O3S. The number of ether oxygens (including phenoxy) is 1. The maximum atomic E-state index is 11.6. The highest BCUT2D eigenvalue weighted by molar-refractivity contribution is 7.80. The van der Waals surface area contributed by atoms with Gasteiger partial charge in [-0.1, -0.05) is 6.07 Å². The lowest BCUT2D eigenvalue weighted by atomic mass is 10.1. The molecule has 5 nitrogen and oxygen atoms in total. The summed E-state index contributed by atoms with van der Waals surface area (Å²) < 4.78 is 10.0. The van der Waals surface area contributed by atoms with Gasteiger partial charge in [0.2, 0.25) is 0 Å². The van der Waals surface area contributed by atoms with Gasteiger partial charge in [0.1, 0.15) is 5.76 Å². The molecule has 0 fully saturated rings. The number of rotatable bonds is 6. The molecule has 2 rings (SSSR count). The Morgan fingerprint density at radius 2 is 2.17 bits per heavy atom. The molecule has 1 heterocycles. The van der Waals surface area contributed by atoms with Crippen LogP contribution in [0.1, 0.15) is 28.1 Å². The summed E-state index contributed by atoms with van der Waals surface area (Å²) in [7, 11) is 1.36. The first-order valence-electron chi connectivity index (χ1n) is 7.36. The van der Waals surface area contributed by atoms with E-state index in [1.165, 1.54) is 7.11 Å². The fourth-order valence-electron chi connectivity index (χ4n) is 2.09. The van der Waals surface area contributed by atoms with Gasteiger partial charge in [0.25, 0.3) is 0 Å². The number of thiocarbonyl (C=S) groups is 1. The van der Waals surface area contributed by atoms with E-state index in [2.05, 4.69) is 10.6 Å². The summed E-state index contributed by atoms with van der Waals surface area (Å²) in [6.45, 7) is 2.69. The highest BCUT2D eigenvalue weighted by Crippen LogP contribution is 2.17. The number of benzene rings is 1. The molecule has 1 aromatic heterocycles. The lowest BCUT2D eigenvalue weighted by molar-refractivity contribution is 0.0601. The van der Waals surface area contributed by atoms with Gasteiger partial charge in [-0.05, 0) is 55.4 Å². The van der Waals surface area contributed by atoms with Crippen molar-refractivity contribution in [3.05, 3.63) is 53.5 Å². The standard InChI is InChI=1S/C17H20N2O3S/c1-12-7-8-13(16(20)21-2)11-15(12)19-17(23)18-9-3-5-14-6-4-10-22-14/h4,6-8,10-11H,3,5,9H2,1-2H3,(H2,18,19,23). The summed E-state index contributed by atoms with van der Waals surface area (Å²) in [4.78, 5) is 11.6. The smallest absolute Gasteiger partial charge is 0.337 e. The van der Waals surface area contributed by atoms with E-state index in [4.69, 9.17) is 21.4 Å². The summed E-state index contributed by atoms with van der Waals surface area (Å²) in [6, 6.07) is 9.16. The number of carbonyl (C=O) groups excluding carboxylic acids is 1. The van der Waals surface area contributed by atoms with Crippen LogP contribution in [0.15, 0.2) is 41.0 Å². The van der Waals surface area contributed by atoms with Crippen LogP contribution >= 0.6 is 12.2 Å². The average molecular weight is 332 g/mol. The number of methoxy groups -OCH3 is 1. The highest BCUT2D eigenvalue weighted by atomic mass is 32.1. The predicted molar refractivity (Wildman–Crippen MR) is 93.8 cm³/mol. The molecule has 0 atom stereocenters. The molecule has 0 bridgehead atoms. The molecule has 6 heteroatoms. The minimum absolute atomic E-state index is 0.370. The van der Waals surface area contributed by atoms with Crippen molar-refractivity contribution < 1.29 is 13.9 Å². The molecule has 0 aliphatic carbocycles. The van der Waals surface area contributed by atoms with Gasteiger partial charge < -0.3 is 19.8 Å². The van der Waals surface area contributed by atoms with Crippen LogP contribution in [0.4, 0.5) is 5.69 Å². The van der Waals surface area contributed by atoms with Gasteiger partial charge in [-0.2, -0.15) is 0 Å². The molecule has 2 N–H and O–H groups in total. The summed E-state index contributed by atoms with van der Waals surface area (Å²) in [5, 5.41) is 6.78. The van der Waals surface area contributed by atoms with E-state index in [1.807, 2.05) is 25.1 Å². The van der Waals surface area contributed by atoms with E-state index in [9.17, 15) is 4.79 Å². The van der Waals surface area contributed by atoms with Crippen LogP contribution < -0.4 is 10.6 Å². The molecule has 0 aliphatic rings. The second kappa shape index (κ2) is 8.33. The Bertz CT molecular complexity index is 668. The lowest BCUT2D eigenvalue weighted by Gasteiger charge is -2.13. The zero-order chi connectivity index (χ0) is 16.7. The number of hydrogen-bond donors (Lipinski definition) is 2. The van der Waals surface area contributed by atoms with Crippen molar-refractivity contribution in [3.8, 4) is 0 Å². The molecule has 2 aromatic rings. The summed E-state index contributed by atoms with van der Waals surface area (Å²) in [5.41, 5.74) is 2.27. The molecule has 0 saturated heterocycles. The Morgan fingerprint density at radius 1 is 1.35 bits per heavy atom. The van der Waals surface area contributed by atoms with Crippen molar-refractivity contribution in [3.63, 3.8) is 0 Å². The van der Waals surface area contributed by atoms with Gasteiger partial charge in [-0.15, -0.1) is 0 Å². The average Bonchev–Trinajstić information content (AvgIpc) is 3.06. The van der Waals surface area contributed by atoms with Crippen molar-refractivity contribution >= 4 is 29.0 Å². The predicted octanol–water partition coefficient (Wildman–Crippen LogP) is 3.29. The molecule has 0 unspecified atom stereocenters. The topological polar surface area (TPSA) is 63.5 Å².